The molecule has 0 aliphatic carbocycles. The summed E-state index contributed by atoms with van der Waals surface area (Å²) < 4.78 is 17.1. The maximum atomic E-state index is 13.0. The highest BCUT2D eigenvalue weighted by Gasteiger charge is 2.32. The molecule has 186 valence electrons. The smallest absolute Gasteiger partial charge is 0.267 e. The number of para-hydroxylation sites is 3. The van der Waals surface area contributed by atoms with Gasteiger partial charge in [0.2, 0.25) is 6.10 Å². The van der Waals surface area contributed by atoms with Crippen molar-refractivity contribution in [2.24, 2.45) is 0 Å². The summed E-state index contributed by atoms with van der Waals surface area (Å²) in [6, 6.07) is 18.2. The highest BCUT2D eigenvalue weighted by molar-refractivity contribution is 6.06. The second-order valence-electron chi connectivity index (χ2n) is 8.46. The summed E-state index contributed by atoms with van der Waals surface area (Å²) in [6.45, 7) is 5.00. The van der Waals surface area contributed by atoms with Gasteiger partial charge in [0, 0.05) is 26.2 Å². The van der Waals surface area contributed by atoms with Crippen molar-refractivity contribution in [1.29, 1.82) is 0 Å². The lowest BCUT2D eigenvalue weighted by Gasteiger charge is -2.37. The fourth-order valence-corrected chi connectivity index (χ4v) is 4.28. The topological polar surface area (TPSA) is 93.2 Å². The second-order valence-corrected chi connectivity index (χ2v) is 8.46. The SMILES string of the molecule is CCOc1ccccc1C(=O)Nc1ccc(N2CCN(C(=O)C3COc4ccccc4O3)CC2)nc1. The molecule has 5 rings (SSSR count). The lowest BCUT2D eigenvalue weighted by molar-refractivity contribution is -0.141. The number of anilines is 2. The van der Waals surface area contributed by atoms with Crippen LogP contribution < -0.4 is 24.4 Å². The minimum atomic E-state index is -0.639. The summed E-state index contributed by atoms with van der Waals surface area (Å²) in [5, 5.41) is 2.87. The molecule has 2 aliphatic rings. The number of nitrogens with one attached hydrogen (secondary N) is 1. The summed E-state index contributed by atoms with van der Waals surface area (Å²) >= 11 is 0. The van der Waals surface area contributed by atoms with Crippen LogP contribution >= 0.6 is 0 Å². The molecule has 0 spiro atoms. The average molecular weight is 489 g/mol. The highest BCUT2D eigenvalue weighted by Crippen LogP contribution is 2.31. The van der Waals surface area contributed by atoms with Crippen LogP contribution in [0.4, 0.5) is 11.5 Å². The first-order valence-corrected chi connectivity index (χ1v) is 12.0. The summed E-state index contributed by atoms with van der Waals surface area (Å²) in [6.07, 6.45) is 0.999. The first kappa shape index (κ1) is 23.5. The quantitative estimate of drug-likeness (QED) is 0.570. The van der Waals surface area contributed by atoms with Crippen LogP contribution in [0, 0.1) is 0 Å². The van der Waals surface area contributed by atoms with Crippen molar-refractivity contribution in [2.45, 2.75) is 13.0 Å². The van der Waals surface area contributed by atoms with Crippen LogP contribution in [0.2, 0.25) is 0 Å². The fourth-order valence-electron chi connectivity index (χ4n) is 4.28. The molecule has 3 heterocycles. The van der Waals surface area contributed by atoms with E-state index in [-0.39, 0.29) is 18.4 Å². The fraction of sp³-hybridized carbons (Fsp3) is 0.296. The van der Waals surface area contributed by atoms with Gasteiger partial charge in [-0.1, -0.05) is 24.3 Å². The third-order valence-electron chi connectivity index (χ3n) is 6.14. The van der Waals surface area contributed by atoms with Gasteiger partial charge in [-0.25, -0.2) is 4.98 Å². The summed E-state index contributed by atoms with van der Waals surface area (Å²) in [7, 11) is 0. The van der Waals surface area contributed by atoms with E-state index in [1.165, 1.54) is 0 Å². The lowest BCUT2D eigenvalue weighted by atomic mass is 10.2. The Hall–Kier alpha value is -4.27. The van der Waals surface area contributed by atoms with E-state index in [4.69, 9.17) is 14.2 Å². The van der Waals surface area contributed by atoms with Crippen molar-refractivity contribution in [3.63, 3.8) is 0 Å². The Morgan fingerprint density at radius 1 is 1.00 bits per heavy atom. The number of hydrogen-bond donors (Lipinski definition) is 1. The third-order valence-corrected chi connectivity index (χ3v) is 6.14. The van der Waals surface area contributed by atoms with Crippen LogP contribution in [-0.2, 0) is 4.79 Å². The van der Waals surface area contributed by atoms with Gasteiger partial charge in [0.15, 0.2) is 11.5 Å². The molecular formula is C27H28N4O5. The van der Waals surface area contributed by atoms with E-state index in [9.17, 15) is 9.59 Å². The molecule has 2 aromatic carbocycles. The number of hydrogen-bond acceptors (Lipinski definition) is 7. The molecule has 9 nitrogen and oxygen atoms in total. The Kier molecular flexibility index (Phi) is 6.88. The number of rotatable bonds is 6. The number of nitrogens with zero attached hydrogens (tertiary/aromatic N) is 3. The summed E-state index contributed by atoms with van der Waals surface area (Å²) in [5.74, 6) is 2.28. The lowest BCUT2D eigenvalue weighted by Crippen LogP contribution is -2.54. The van der Waals surface area contributed by atoms with Crippen LogP contribution in [-0.4, -0.2) is 67.2 Å². The van der Waals surface area contributed by atoms with E-state index in [2.05, 4.69) is 15.2 Å². The molecule has 2 aliphatic heterocycles. The second kappa shape index (κ2) is 10.6. The number of pyridine rings is 1. The number of benzene rings is 2. The minimum Gasteiger partial charge on any atom is -0.493 e. The molecule has 0 saturated carbocycles. The number of fused-ring (bicyclic) bond motifs is 1. The number of amides is 2. The van der Waals surface area contributed by atoms with Gasteiger partial charge in [-0.05, 0) is 43.3 Å². The zero-order valence-corrected chi connectivity index (χ0v) is 20.1. The monoisotopic (exact) mass is 488 g/mol. The van der Waals surface area contributed by atoms with E-state index >= 15 is 0 Å². The molecule has 3 aromatic rings. The van der Waals surface area contributed by atoms with Gasteiger partial charge >= 0.3 is 0 Å². The third kappa shape index (κ3) is 5.05. The summed E-state index contributed by atoms with van der Waals surface area (Å²) in [4.78, 5) is 34.1. The predicted octanol–water partition coefficient (Wildman–Crippen LogP) is 3.22. The average Bonchev–Trinajstić information content (AvgIpc) is 2.93. The van der Waals surface area contributed by atoms with Gasteiger partial charge < -0.3 is 29.3 Å². The van der Waals surface area contributed by atoms with Crippen molar-refractivity contribution >= 4 is 23.3 Å². The number of piperazine rings is 1. The van der Waals surface area contributed by atoms with Crippen molar-refractivity contribution < 1.29 is 23.8 Å². The molecule has 1 atom stereocenters. The van der Waals surface area contributed by atoms with E-state index in [1.807, 2.05) is 54.3 Å². The van der Waals surface area contributed by atoms with Gasteiger partial charge in [-0.3, -0.25) is 9.59 Å². The Morgan fingerprint density at radius 3 is 2.50 bits per heavy atom. The Bertz CT molecular complexity index is 1220. The number of carbonyl (C=O) groups is 2. The molecular weight excluding hydrogens is 460 g/mol. The zero-order valence-electron chi connectivity index (χ0n) is 20.1. The van der Waals surface area contributed by atoms with Crippen LogP contribution in [0.25, 0.3) is 0 Å². The van der Waals surface area contributed by atoms with Crippen molar-refractivity contribution in [3.05, 3.63) is 72.4 Å². The molecule has 1 unspecified atom stereocenters. The predicted molar refractivity (Wildman–Crippen MR) is 135 cm³/mol. The molecule has 2 amide bonds. The van der Waals surface area contributed by atoms with Crippen LogP contribution in [0.5, 0.6) is 17.2 Å². The molecule has 1 aromatic heterocycles. The van der Waals surface area contributed by atoms with Crippen LogP contribution in [0.3, 0.4) is 0 Å². The Morgan fingerprint density at radius 2 is 1.75 bits per heavy atom. The molecule has 1 saturated heterocycles. The molecule has 0 bridgehead atoms. The number of ether oxygens (including phenoxy) is 3. The summed E-state index contributed by atoms with van der Waals surface area (Å²) in [5.41, 5.74) is 1.07. The van der Waals surface area contributed by atoms with Gasteiger partial charge in [-0.2, -0.15) is 0 Å². The van der Waals surface area contributed by atoms with E-state index in [1.54, 1.807) is 24.4 Å². The van der Waals surface area contributed by atoms with Crippen LogP contribution in [0.15, 0.2) is 66.9 Å². The van der Waals surface area contributed by atoms with Gasteiger partial charge in [0.25, 0.3) is 11.8 Å². The first-order valence-electron chi connectivity index (χ1n) is 12.0. The zero-order chi connectivity index (χ0) is 24.9. The Balaban J connectivity index is 1.15. The van der Waals surface area contributed by atoms with Gasteiger partial charge in [-0.15, -0.1) is 0 Å². The van der Waals surface area contributed by atoms with Crippen molar-refractivity contribution in [3.8, 4) is 17.2 Å². The number of aromatic nitrogens is 1. The Labute approximate surface area is 209 Å². The largest absolute Gasteiger partial charge is 0.493 e. The van der Waals surface area contributed by atoms with Crippen molar-refractivity contribution in [2.75, 3.05) is 49.6 Å². The maximum absolute atomic E-state index is 13.0. The highest BCUT2D eigenvalue weighted by atomic mass is 16.6. The molecule has 9 heteroatoms. The molecule has 1 fully saturated rings. The van der Waals surface area contributed by atoms with E-state index in [0.29, 0.717) is 61.3 Å². The number of carbonyl (C=O) groups excluding carboxylic acids is 2. The van der Waals surface area contributed by atoms with Crippen molar-refractivity contribution in [1.82, 2.24) is 9.88 Å². The van der Waals surface area contributed by atoms with Gasteiger partial charge in [0.05, 0.1) is 24.1 Å². The standard InChI is InChI=1S/C27H28N4O5/c1-2-34-21-8-4-3-7-20(21)26(32)29-19-11-12-25(28-17-19)30-13-15-31(16-14-30)27(33)24-18-35-22-9-5-6-10-23(22)36-24/h3-12,17,24H,2,13-16,18H2,1H3,(H,29,32). The minimum absolute atomic E-state index is 0.0671. The maximum Gasteiger partial charge on any atom is 0.267 e. The molecule has 1 N–H and O–H groups in total. The van der Waals surface area contributed by atoms with E-state index in [0.717, 1.165) is 5.82 Å². The van der Waals surface area contributed by atoms with E-state index < -0.39 is 6.10 Å². The van der Waals surface area contributed by atoms with Gasteiger partial charge in [0.1, 0.15) is 18.2 Å². The molecule has 36 heavy (non-hydrogen) atoms. The van der Waals surface area contributed by atoms with Crippen LogP contribution in [0.1, 0.15) is 17.3 Å². The molecule has 0 radical (unpaired) electrons. The first-order chi connectivity index (χ1) is 17.6. The normalized spacial score (nSPS) is 16.9.